The molecule has 25 heavy (non-hydrogen) atoms. The third kappa shape index (κ3) is 4.57. The minimum Gasteiger partial charge on any atom is -0.493 e. The first-order valence-electron chi connectivity index (χ1n) is 7.90. The third-order valence-electron chi connectivity index (χ3n) is 3.32. The summed E-state index contributed by atoms with van der Waals surface area (Å²) in [5, 5.41) is 0. The van der Waals surface area contributed by atoms with Gasteiger partial charge in [0.1, 0.15) is 4.90 Å². The molecule has 2 aromatic rings. The van der Waals surface area contributed by atoms with Gasteiger partial charge in [-0.2, -0.15) is 8.42 Å². The maximum absolute atomic E-state index is 12.6. The van der Waals surface area contributed by atoms with E-state index in [1.165, 1.54) is 19.2 Å². The molecule has 0 atom stereocenters. The molecule has 0 heterocycles. The number of hydrogen-bond acceptors (Lipinski definition) is 6. The molecule has 0 aliphatic heterocycles. The van der Waals surface area contributed by atoms with E-state index < -0.39 is 10.1 Å². The van der Waals surface area contributed by atoms with E-state index in [2.05, 4.69) is 0 Å². The molecule has 2 rings (SSSR count). The van der Waals surface area contributed by atoms with Gasteiger partial charge in [0.2, 0.25) is 0 Å². The Hall–Kier alpha value is -2.41. The zero-order valence-electron chi connectivity index (χ0n) is 14.7. The Morgan fingerprint density at radius 1 is 0.840 bits per heavy atom. The Labute approximate surface area is 148 Å². The number of rotatable bonds is 8. The van der Waals surface area contributed by atoms with Crippen molar-refractivity contribution in [3.63, 3.8) is 0 Å². The molecule has 0 radical (unpaired) electrons. The monoisotopic (exact) mass is 366 g/mol. The van der Waals surface area contributed by atoms with E-state index in [1.807, 2.05) is 20.8 Å². The van der Waals surface area contributed by atoms with Crippen molar-refractivity contribution in [2.75, 3.05) is 20.3 Å². The summed E-state index contributed by atoms with van der Waals surface area (Å²) in [6.07, 6.45) is 0. The summed E-state index contributed by atoms with van der Waals surface area (Å²) in [6, 6.07) is 9.38. The molecule has 0 fully saturated rings. The van der Waals surface area contributed by atoms with E-state index in [1.54, 1.807) is 24.3 Å². The zero-order chi connectivity index (χ0) is 18.4. The van der Waals surface area contributed by atoms with Crippen LogP contribution in [0.25, 0.3) is 0 Å². The van der Waals surface area contributed by atoms with Gasteiger partial charge >= 0.3 is 10.1 Å². The van der Waals surface area contributed by atoms with Gasteiger partial charge in [-0.25, -0.2) is 0 Å². The van der Waals surface area contributed by atoms with Crippen LogP contribution in [-0.2, 0) is 10.1 Å². The van der Waals surface area contributed by atoms with Crippen LogP contribution in [-0.4, -0.2) is 28.7 Å². The predicted molar refractivity (Wildman–Crippen MR) is 94.3 cm³/mol. The van der Waals surface area contributed by atoms with E-state index in [9.17, 15) is 8.42 Å². The summed E-state index contributed by atoms with van der Waals surface area (Å²) in [7, 11) is -2.59. The average Bonchev–Trinajstić information content (AvgIpc) is 2.58. The second-order valence-corrected chi connectivity index (χ2v) is 6.71. The van der Waals surface area contributed by atoms with Crippen molar-refractivity contribution in [2.45, 2.75) is 25.7 Å². The summed E-state index contributed by atoms with van der Waals surface area (Å²) in [4.78, 5) is -0.0259. The number of methoxy groups -OCH3 is 1. The van der Waals surface area contributed by atoms with Crippen LogP contribution in [0.4, 0.5) is 0 Å². The standard InChI is InChI=1S/C18H22O6S/c1-5-22-15-10-8-14(12-18(15)23-6-2)25(19,20)24-16-9-7-13(3)11-17(16)21-4/h7-12H,5-6H2,1-4H3. The zero-order valence-corrected chi connectivity index (χ0v) is 15.6. The molecule has 136 valence electrons. The SMILES string of the molecule is CCOc1ccc(S(=O)(=O)Oc2ccc(C)cc2OC)cc1OCC. The molecule has 0 N–H and O–H groups in total. The number of ether oxygens (including phenoxy) is 3. The topological polar surface area (TPSA) is 71.1 Å². The van der Waals surface area contributed by atoms with Crippen LogP contribution >= 0.6 is 0 Å². The van der Waals surface area contributed by atoms with Crippen molar-refractivity contribution in [2.24, 2.45) is 0 Å². The molecule has 0 spiro atoms. The Morgan fingerprint density at radius 2 is 1.48 bits per heavy atom. The maximum atomic E-state index is 12.6. The lowest BCUT2D eigenvalue weighted by Crippen LogP contribution is -2.11. The Kier molecular flexibility index (Phi) is 6.14. The van der Waals surface area contributed by atoms with Crippen molar-refractivity contribution in [1.82, 2.24) is 0 Å². The maximum Gasteiger partial charge on any atom is 0.339 e. The van der Waals surface area contributed by atoms with E-state index in [-0.39, 0.29) is 10.6 Å². The minimum atomic E-state index is -4.05. The van der Waals surface area contributed by atoms with Gasteiger partial charge < -0.3 is 18.4 Å². The first kappa shape index (κ1) is 18.9. The summed E-state index contributed by atoms with van der Waals surface area (Å²) >= 11 is 0. The fraction of sp³-hybridized carbons (Fsp3) is 0.333. The first-order valence-corrected chi connectivity index (χ1v) is 9.30. The number of aryl methyl sites for hydroxylation is 1. The fourth-order valence-electron chi connectivity index (χ4n) is 2.20. The molecule has 0 bridgehead atoms. The Morgan fingerprint density at radius 3 is 2.12 bits per heavy atom. The van der Waals surface area contributed by atoms with Crippen LogP contribution in [0.5, 0.6) is 23.0 Å². The molecule has 2 aromatic carbocycles. The molecular weight excluding hydrogens is 344 g/mol. The molecule has 0 amide bonds. The summed E-state index contributed by atoms with van der Waals surface area (Å²) in [5.41, 5.74) is 0.932. The molecular formula is C18H22O6S. The van der Waals surface area contributed by atoms with E-state index in [4.69, 9.17) is 18.4 Å². The largest absolute Gasteiger partial charge is 0.493 e. The van der Waals surface area contributed by atoms with Crippen LogP contribution in [0.15, 0.2) is 41.3 Å². The van der Waals surface area contributed by atoms with Crippen molar-refractivity contribution in [3.8, 4) is 23.0 Å². The van der Waals surface area contributed by atoms with Crippen molar-refractivity contribution in [3.05, 3.63) is 42.0 Å². The number of hydrogen-bond donors (Lipinski definition) is 0. The van der Waals surface area contributed by atoms with Crippen LogP contribution in [0, 0.1) is 6.92 Å². The first-order chi connectivity index (χ1) is 11.9. The van der Waals surface area contributed by atoms with Crippen LogP contribution < -0.4 is 18.4 Å². The fourth-order valence-corrected chi connectivity index (χ4v) is 3.15. The minimum absolute atomic E-state index is 0.0259. The van der Waals surface area contributed by atoms with E-state index in [0.717, 1.165) is 5.56 Å². The highest BCUT2D eigenvalue weighted by Crippen LogP contribution is 2.34. The molecule has 7 heteroatoms. The van der Waals surface area contributed by atoms with Gasteiger partial charge in [0.05, 0.1) is 20.3 Å². The lowest BCUT2D eigenvalue weighted by Gasteiger charge is -2.14. The summed E-state index contributed by atoms with van der Waals surface area (Å²) in [5.74, 6) is 1.31. The van der Waals surface area contributed by atoms with Gasteiger partial charge in [0, 0.05) is 6.07 Å². The lowest BCUT2D eigenvalue weighted by molar-refractivity contribution is 0.287. The highest BCUT2D eigenvalue weighted by molar-refractivity contribution is 7.87. The van der Waals surface area contributed by atoms with Gasteiger partial charge in [-0.1, -0.05) is 6.07 Å². The van der Waals surface area contributed by atoms with Gasteiger partial charge in [-0.15, -0.1) is 0 Å². The molecule has 0 aliphatic rings. The van der Waals surface area contributed by atoms with Crippen LogP contribution in [0.3, 0.4) is 0 Å². The Bertz CT molecular complexity index is 829. The molecule has 0 aromatic heterocycles. The molecule has 0 saturated heterocycles. The third-order valence-corrected chi connectivity index (χ3v) is 4.55. The quantitative estimate of drug-likeness (QED) is 0.665. The Balaban J connectivity index is 2.38. The molecule has 0 unspecified atom stereocenters. The van der Waals surface area contributed by atoms with Gasteiger partial charge in [0.25, 0.3) is 0 Å². The molecule has 6 nitrogen and oxygen atoms in total. The summed E-state index contributed by atoms with van der Waals surface area (Å²) < 4.78 is 46.6. The van der Waals surface area contributed by atoms with Crippen molar-refractivity contribution >= 4 is 10.1 Å². The summed E-state index contributed by atoms with van der Waals surface area (Å²) in [6.45, 7) is 6.36. The van der Waals surface area contributed by atoms with Gasteiger partial charge in [0.15, 0.2) is 23.0 Å². The van der Waals surface area contributed by atoms with Crippen molar-refractivity contribution in [1.29, 1.82) is 0 Å². The van der Waals surface area contributed by atoms with Gasteiger partial charge in [-0.05, 0) is 50.6 Å². The van der Waals surface area contributed by atoms with Gasteiger partial charge in [-0.3, -0.25) is 0 Å². The van der Waals surface area contributed by atoms with Crippen molar-refractivity contribution < 1.29 is 26.8 Å². The second-order valence-electron chi connectivity index (χ2n) is 5.17. The highest BCUT2D eigenvalue weighted by Gasteiger charge is 2.21. The normalized spacial score (nSPS) is 11.0. The highest BCUT2D eigenvalue weighted by atomic mass is 32.2. The number of benzene rings is 2. The lowest BCUT2D eigenvalue weighted by atomic mass is 10.2. The molecule has 0 aliphatic carbocycles. The second kappa shape index (κ2) is 8.11. The van der Waals surface area contributed by atoms with E-state index >= 15 is 0 Å². The van der Waals surface area contributed by atoms with E-state index in [0.29, 0.717) is 30.5 Å². The predicted octanol–water partition coefficient (Wildman–Crippen LogP) is 3.57. The average molecular weight is 366 g/mol. The molecule has 0 saturated carbocycles. The van der Waals surface area contributed by atoms with Crippen LogP contribution in [0.1, 0.15) is 19.4 Å². The van der Waals surface area contributed by atoms with Crippen LogP contribution in [0.2, 0.25) is 0 Å². The smallest absolute Gasteiger partial charge is 0.339 e.